The van der Waals surface area contributed by atoms with Crippen LogP contribution in [0.25, 0.3) is 0 Å². The standard InChI is InChI=1S/C7H16O3/c1-4-8-7(9-5-2)10-6-3/h7H,4-6H2,1-3H3/i1D3,2D3,3D3,4D2,5D2,6D2. The normalized spacial score (nSPS) is 41.1. The lowest BCUT2D eigenvalue weighted by Crippen LogP contribution is -2.20. The minimum absolute atomic E-state index is 2.94. The Hall–Kier alpha value is -0.120. The van der Waals surface area contributed by atoms with Crippen molar-refractivity contribution in [3.8, 4) is 0 Å². The quantitative estimate of drug-likeness (QED) is 0.554. The van der Waals surface area contributed by atoms with E-state index >= 15 is 0 Å². The van der Waals surface area contributed by atoms with E-state index in [-0.39, 0.29) is 0 Å². The highest BCUT2D eigenvalue weighted by Crippen LogP contribution is 1.95. The summed E-state index contributed by atoms with van der Waals surface area (Å²) >= 11 is 0. The van der Waals surface area contributed by atoms with Gasteiger partial charge in [0.1, 0.15) is 0 Å². The van der Waals surface area contributed by atoms with E-state index in [1.807, 2.05) is 0 Å². The maximum absolute atomic E-state index is 7.23. The molecule has 0 saturated heterocycles. The summed E-state index contributed by atoms with van der Waals surface area (Å²) < 4.78 is 119. The molecule has 0 heterocycles. The van der Waals surface area contributed by atoms with Crippen molar-refractivity contribution in [3.63, 3.8) is 0 Å². The third-order valence-electron chi connectivity index (χ3n) is 0.465. The molecule has 0 aliphatic rings. The molecular weight excluding hydrogens is 132 g/mol. The van der Waals surface area contributed by atoms with Crippen LogP contribution >= 0.6 is 0 Å². The van der Waals surface area contributed by atoms with Crippen molar-refractivity contribution in [2.75, 3.05) is 19.7 Å². The zero-order valence-electron chi connectivity index (χ0n) is 19.8. The Morgan fingerprint density at radius 2 is 1.50 bits per heavy atom. The van der Waals surface area contributed by atoms with Crippen molar-refractivity contribution in [1.82, 2.24) is 0 Å². The van der Waals surface area contributed by atoms with Crippen LogP contribution in [0.4, 0.5) is 0 Å². The predicted molar refractivity (Wildman–Crippen MR) is 38.7 cm³/mol. The molecule has 0 atom stereocenters. The van der Waals surface area contributed by atoms with Crippen molar-refractivity contribution in [2.45, 2.75) is 27.0 Å². The van der Waals surface area contributed by atoms with E-state index < -0.39 is 46.7 Å². The second-order valence-electron chi connectivity index (χ2n) is 0.948. The van der Waals surface area contributed by atoms with E-state index in [0.29, 0.717) is 0 Å². The average molecular weight is 163 g/mol. The van der Waals surface area contributed by atoms with Gasteiger partial charge < -0.3 is 14.2 Å². The van der Waals surface area contributed by atoms with Gasteiger partial charge in [-0.25, -0.2) is 0 Å². The van der Waals surface area contributed by atoms with Gasteiger partial charge in [0.15, 0.2) is 0 Å². The van der Waals surface area contributed by atoms with Crippen LogP contribution in [0.2, 0.25) is 0 Å². The zero-order chi connectivity index (χ0) is 20.7. The Labute approximate surface area is 83.3 Å². The van der Waals surface area contributed by atoms with Crippen LogP contribution in [0, 0.1) is 0 Å². The van der Waals surface area contributed by atoms with Gasteiger partial charge in [0.25, 0.3) is 6.48 Å². The molecule has 0 saturated carbocycles. The Balaban J connectivity index is 5.70. The van der Waals surface area contributed by atoms with Gasteiger partial charge >= 0.3 is 0 Å². The predicted octanol–water partition coefficient (Wildman–Crippen LogP) is 1.38. The molecule has 3 nitrogen and oxygen atoms in total. The topological polar surface area (TPSA) is 27.7 Å². The first-order chi connectivity index (χ1) is 10.5. The summed E-state index contributed by atoms with van der Waals surface area (Å²) in [5.74, 6) is 0. The molecule has 0 rings (SSSR count). The lowest BCUT2D eigenvalue weighted by molar-refractivity contribution is -0.282. The molecule has 0 amide bonds. The third-order valence-corrected chi connectivity index (χ3v) is 0.465. The van der Waals surface area contributed by atoms with Crippen LogP contribution in [-0.4, -0.2) is 26.2 Å². The molecule has 0 fully saturated rings. The molecule has 0 aliphatic heterocycles. The van der Waals surface area contributed by atoms with Crippen LogP contribution in [0.3, 0.4) is 0 Å². The van der Waals surface area contributed by atoms with E-state index in [1.54, 1.807) is 0 Å². The third kappa shape index (κ3) is 4.73. The molecule has 0 spiro atoms. The molecule has 0 N–H and O–H groups in total. The molecule has 0 unspecified atom stereocenters. The smallest absolute Gasteiger partial charge is 0.271 e. The first-order valence-electron chi connectivity index (χ1n) is 9.57. The molecule has 0 aromatic heterocycles. The SMILES string of the molecule is [2H]C([2H])([2H])C([2H])([2H])OC(OC([2H])([2H])C([2H])([2H])[2H])OC([2H])([2H])C([2H])([2H])[2H]. The van der Waals surface area contributed by atoms with Crippen molar-refractivity contribution < 1.29 is 34.8 Å². The van der Waals surface area contributed by atoms with E-state index in [1.165, 1.54) is 0 Å². The largest absolute Gasteiger partial charge is 0.330 e. The van der Waals surface area contributed by atoms with Crippen LogP contribution in [0.1, 0.15) is 41.1 Å². The first kappa shape index (κ1) is 1.37. The van der Waals surface area contributed by atoms with Gasteiger partial charge in [0.2, 0.25) is 0 Å². The molecule has 10 heavy (non-hydrogen) atoms. The highest BCUT2D eigenvalue weighted by atomic mass is 16.8. The van der Waals surface area contributed by atoms with Crippen LogP contribution < -0.4 is 0 Å². The van der Waals surface area contributed by atoms with E-state index in [9.17, 15) is 0 Å². The number of hydrogen-bond acceptors (Lipinski definition) is 3. The van der Waals surface area contributed by atoms with Crippen molar-refractivity contribution in [2.24, 2.45) is 0 Å². The maximum Gasteiger partial charge on any atom is 0.271 e. The summed E-state index contributed by atoms with van der Waals surface area (Å²) in [5.41, 5.74) is 0. The molecule has 3 heteroatoms. The van der Waals surface area contributed by atoms with E-state index in [2.05, 4.69) is 14.2 Å². The Morgan fingerprint density at radius 3 is 1.80 bits per heavy atom. The second-order valence-corrected chi connectivity index (χ2v) is 0.948. The van der Waals surface area contributed by atoms with Gasteiger partial charge in [0.05, 0.1) is 8.22 Å². The summed E-state index contributed by atoms with van der Waals surface area (Å²) in [6.45, 7) is -24.2. The van der Waals surface area contributed by atoms with Crippen LogP contribution in [0.5, 0.6) is 0 Å². The van der Waals surface area contributed by atoms with E-state index in [4.69, 9.17) is 20.6 Å². The molecular formula is C7H16O3. The summed E-state index contributed by atoms with van der Waals surface area (Å²) in [6.07, 6.45) is 0. The molecule has 0 bridgehead atoms. The lowest BCUT2D eigenvalue weighted by atomic mass is 10.8. The summed E-state index contributed by atoms with van der Waals surface area (Å²) in [5, 5.41) is 0. The maximum atomic E-state index is 7.23. The number of ether oxygens (including phenoxy) is 3. The van der Waals surface area contributed by atoms with Crippen molar-refractivity contribution in [3.05, 3.63) is 0 Å². The first-order valence-corrected chi connectivity index (χ1v) is 2.07. The second kappa shape index (κ2) is 6.99. The molecule has 0 aromatic rings. The van der Waals surface area contributed by atoms with Gasteiger partial charge in [-0.1, -0.05) is 0 Å². The fourth-order valence-corrected chi connectivity index (χ4v) is 0.217. The number of rotatable bonds is 6. The Morgan fingerprint density at radius 1 is 1.10 bits per heavy atom. The van der Waals surface area contributed by atoms with Crippen molar-refractivity contribution >= 4 is 0 Å². The fourth-order valence-electron chi connectivity index (χ4n) is 0.217. The highest BCUT2D eigenvalue weighted by Gasteiger charge is 2.04. The lowest BCUT2D eigenvalue weighted by Gasteiger charge is -2.15. The highest BCUT2D eigenvalue weighted by molar-refractivity contribution is 4.23. The van der Waals surface area contributed by atoms with Gasteiger partial charge in [-0.05, 0) is 20.6 Å². The minimum atomic E-state index is -3.60. The summed E-state index contributed by atoms with van der Waals surface area (Å²) in [4.78, 5) is 0. The van der Waals surface area contributed by atoms with Gasteiger partial charge in [-0.3, -0.25) is 0 Å². The summed E-state index contributed by atoms with van der Waals surface area (Å²) in [7, 11) is 0. The van der Waals surface area contributed by atoms with Crippen molar-refractivity contribution in [1.29, 1.82) is 0 Å². The van der Waals surface area contributed by atoms with Crippen LogP contribution in [-0.2, 0) is 14.2 Å². The van der Waals surface area contributed by atoms with Gasteiger partial charge in [-0.2, -0.15) is 0 Å². The van der Waals surface area contributed by atoms with E-state index in [0.717, 1.165) is 0 Å². The summed E-state index contributed by atoms with van der Waals surface area (Å²) in [6, 6.07) is 0. The molecule has 62 valence electrons. The Bertz CT molecular complexity index is 379. The van der Waals surface area contributed by atoms with Crippen LogP contribution in [0.15, 0.2) is 0 Å². The Kier molecular flexibility index (Phi) is 0.955. The molecule has 0 radical (unpaired) electrons. The zero-order valence-corrected chi connectivity index (χ0v) is 4.80. The fraction of sp³-hybridized carbons (Fsp3) is 1.00. The molecule has 0 aliphatic carbocycles. The van der Waals surface area contributed by atoms with Gasteiger partial charge in [-0.15, -0.1) is 0 Å². The monoisotopic (exact) mass is 163 g/mol. The number of hydrogen-bond donors (Lipinski definition) is 0. The minimum Gasteiger partial charge on any atom is -0.330 e. The van der Waals surface area contributed by atoms with Gasteiger partial charge in [0, 0.05) is 32.0 Å². The average Bonchev–Trinajstić information content (AvgIpc) is 2.21. The molecule has 0 aromatic carbocycles.